The van der Waals surface area contributed by atoms with Crippen molar-refractivity contribution >= 4 is 15.9 Å². The van der Waals surface area contributed by atoms with Crippen LogP contribution >= 0.6 is 15.9 Å². The second kappa shape index (κ2) is 3.78. The molecule has 62 valence electrons. The van der Waals surface area contributed by atoms with Crippen LogP contribution in [0.4, 0.5) is 0 Å². The summed E-state index contributed by atoms with van der Waals surface area (Å²) in [6.45, 7) is 4.33. The average molecular weight is 223 g/mol. The summed E-state index contributed by atoms with van der Waals surface area (Å²) >= 11 is 3.43. The lowest BCUT2D eigenvalue weighted by Crippen LogP contribution is -1.88. The molecule has 0 spiro atoms. The lowest BCUT2D eigenvalue weighted by atomic mass is 10.0. The maximum Gasteiger partial charge on any atom is 0.0384 e. The highest BCUT2D eigenvalue weighted by Gasteiger charge is 2.01. The summed E-state index contributed by atoms with van der Waals surface area (Å²) < 4.78 is 1.01. The molecule has 12 heavy (non-hydrogen) atoms. The molecule has 0 aliphatic carbocycles. The summed E-state index contributed by atoms with van der Waals surface area (Å²) in [6.07, 6.45) is 5.30. The van der Waals surface area contributed by atoms with Gasteiger partial charge in [-0.1, -0.05) is 25.8 Å². The number of terminal acetylenes is 1. The van der Waals surface area contributed by atoms with Crippen LogP contribution in [0.5, 0.6) is 0 Å². The van der Waals surface area contributed by atoms with Crippen molar-refractivity contribution in [3.63, 3.8) is 0 Å². The van der Waals surface area contributed by atoms with Crippen LogP contribution in [0, 0.1) is 12.3 Å². The molecule has 0 radical (unpaired) electrons. The molecule has 0 amide bonds. The molecule has 0 atom stereocenters. The van der Waals surface area contributed by atoms with Gasteiger partial charge in [0, 0.05) is 10.0 Å². The van der Waals surface area contributed by atoms with Crippen LogP contribution in [-0.2, 0) is 0 Å². The van der Waals surface area contributed by atoms with Gasteiger partial charge in [0.1, 0.15) is 0 Å². The van der Waals surface area contributed by atoms with Crippen molar-refractivity contribution in [2.75, 3.05) is 0 Å². The molecular formula is C11H11Br. The molecule has 0 heterocycles. The zero-order valence-corrected chi connectivity index (χ0v) is 8.85. The molecule has 1 aromatic carbocycles. The molecule has 0 bridgehead atoms. The fraction of sp³-hybridized carbons (Fsp3) is 0.273. The Morgan fingerprint density at radius 3 is 2.50 bits per heavy atom. The molecule has 1 heteroatoms. The number of benzene rings is 1. The quantitative estimate of drug-likeness (QED) is 0.638. The third-order valence-corrected chi connectivity index (χ3v) is 2.47. The molecule has 0 saturated carbocycles. The second-order valence-corrected chi connectivity index (χ2v) is 3.89. The summed E-state index contributed by atoms with van der Waals surface area (Å²) in [7, 11) is 0. The van der Waals surface area contributed by atoms with Crippen molar-refractivity contribution in [3.8, 4) is 12.3 Å². The van der Waals surface area contributed by atoms with Crippen LogP contribution < -0.4 is 0 Å². The summed E-state index contributed by atoms with van der Waals surface area (Å²) in [4.78, 5) is 0. The van der Waals surface area contributed by atoms with E-state index in [1.807, 2.05) is 6.07 Å². The Balaban J connectivity index is 3.12. The molecule has 0 nitrogen and oxygen atoms in total. The van der Waals surface area contributed by atoms with Gasteiger partial charge in [-0.25, -0.2) is 0 Å². The number of rotatable bonds is 1. The highest BCUT2D eigenvalue weighted by molar-refractivity contribution is 9.10. The van der Waals surface area contributed by atoms with E-state index in [2.05, 4.69) is 47.8 Å². The molecule has 0 aromatic heterocycles. The predicted octanol–water partition coefficient (Wildman–Crippen LogP) is 3.55. The van der Waals surface area contributed by atoms with E-state index in [0.29, 0.717) is 5.92 Å². The standard InChI is InChI=1S/C11H11Br/c1-4-9-5-6-10(8(2)3)7-11(9)12/h1,5-8H,2-3H3. The largest absolute Gasteiger partial charge is 0.115 e. The van der Waals surface area contributed by atoms with Crippen LogP contribution in [-0.4, -0.2) is 0 Å². The summed E-state index contributed by atoms with van der Waals surface area (Å²) in [6, 6.07) is 6.13. The predicted molar refractivity (Wildman–Crippen MR) is 56.2 cm³/mol. The fourth-order valence-corrected chi connectivity index (χ4v) is 1.52. The second-order valence-electron chi connectivity index (χ2n) is 3.04. The highest BCUT2D eigenvalue weighted by atomic mass is 79.9. The number of hydrogen-bond acceptors (Lipinski definition) is 0. The maximum absolute atomic E-state index is 5.30. The Morgan fingerprint density at radius 1 is 1.42 bits per heavy atom. The first kappa shape index (κ1) is 9.35. The van der Waals surface area contributed by atoms with Crippen molar-refractivity contribution in [3.05, 3.63) is 33.8 Å². The summed E-state index contributed by atoms with van der Waals surface area (Å²) in [5.41, 5.74) is 2.22. The zero-order chi connectivity index (χ0) is 9.14. The van der Waals surface area contributed by atoms with E-state index in [0.717, 1.165) is 10.0 Å². The van der Waals surface area contributed by atoms with Gasteiger partial charge in [-0.3, -0.25) is 0 Å². The van der Waals surface area contributed by atoms with Crippen molar-refractivity contribution in [2.45, 2.75) is 19.8 Å². The van der Waals surface area contributed by atoms with E-state index >= 15 is 0 Å². The van der Waals surface area contributed by atoms with E-state index in [4.69, 9.17) is 6.42 Å². The van der Waals surface area contributed by atoms with Crippen molar-refractivity contribution in [1.29, 1.82) is 0 Å². The van der Waals surface area contributed by atoms with Crippen LogP contribution in [0.3, 0.4) is 0 Å². The van der Waals surface area contributed by atoms with Gasteiger partial charge in [0.05, 0.1) is 0 Å². The van der Waals surface area contributed by atoms with E-state index in [9.17, 15) is 0 Å². The van der Waals surface area contributed by atoms with Crippen LogP contribution in [0.15, 0.2) is 22.7 Å². The normalized spacial score (nSPS) is 9.92. The van der Waals surface area contributed by atoms with E-state index in [1.54, 1.807) is 0 Å². The Morgan fingerprint density at radius 2 is 2.08 bits per heavy atom. The minimum Gasteiger partial charge on any atom is -0.115 e. The maximum atomic E-state index is 5.30. The number of hydrogen-bond donors (Lipinski definition) is 0. The molecule has 1 rings (SSSR count). The minimum absolute atomic E-state index is 0.549. The van der Waals surface area contributed by atoms with Gasteiger partial charge in [0.2, 0.25) is 0 Å². The Hall–Kier alpha value is -0.740. The van der Waals surface area contributed by atoms with E-state index in [1.165, 1.54) is 5.56 Å². The third kappa shape index (κ3) is 1.89. The Bertz CT molecular complexity index is 318. The monoisotopic (exact) mass is 222 g/mol. The highest BCUT2D eigenvalue weighted by Crippen LogP contribution is 2.22. The zero-order valence-electron chi connectivity index (χ0n) is 7.26. The molecule has 0 aliphatic rings. The first-order valence-corrected chi connectivity index (χ1v) is 4.70. The summed E-state index contributed by atoms with van der Waals surface area (Å²) in [5, 5.41) is 0. The Kier molecular flexibility index (Phi) is 2.94. The SMILES string of the molecule is C#Cc1ccc(C(C)C)cc1Br. The topological polar surface area (TPSA) is 0 Å². The lowest BCUT2D eigenvalue weighted by Gasteiger charge is -2.06. The van der Waals surface area contributed by atoms with Crippen molar-refractivity contribution in [2.24, 2.45) is 0 Å². The minimum atomic E-state index is 0.549. The van der Waals surface area contributed by atoms with Gasteiger partial charge in [-0.15, -0.1) is 6.42 Å². The molecule has 0 fully saturated rings. The smallest absolute Gasteiger partial charge is 0.0384 e. The van der Waals surface area contributed by atoms with E-state index in [-0.39, 0.29) is 0 Å². The summed E-state index contributed by atoms with van der Waals surface area (Å²) in [5.74, 6) is 3.16. The van der Waals surface area contributed by atoms with Gasteiger partial charge in [-0.2, -0.15) is 0 Å². The van der Waals surface area contributed by atoms with Crippen LogP contribution in [0.1, 0.15) is 30.9 Å². The Labute approximate surface area is 82.1 Å². The molecule has 0 aliphatic heterocycles. The molecule has 1 aromatic rings. The van der Waals surface area contributed by atoms with Gasteiger partial charge in [0.25, 0.3) is 0 Å². The first-order chi connectivity index (χ1) is 5.65. The molecule has 0 N–H and O–H groups in total. The third-order valence-electron chi connectivity index (χ3n) is 1.82. The molecule has 0 unspecified atom stereocenters. The lowest BCUT2D eigenvalue weighted by molar-refractivity contribution is 0.865. The van der Waals surface area contributed by atoms with Crippen molar-refractivity contribution < 1.29 is 0 Å². The van der Waals surface area contributed by atoms with Crippen LogP contribution in [0.2, 0.25) is 0 Å². The average Bonchev–Trinajstić information content (AvgIpc) is 2.04. The van der Waals surface area contributed by atoms with E-state index < -0.39 is 0 Å². The molecular weight excluding hydrogens is 212 g/mol. The van der Waals surface area contributed by atoms with Crippen LogP contribution in [0.25, 0.3) is 0 Å². The van der Waals surface area contributed by atoms with Crippen molar-refractivity contribution in [1.82, 2.24) is 0 Å². The van der Waals surface area contributed by atoms with Gasteiger partial charge in [0.15, 0.2) is 0 Å². The van der Waals surface area contributed by atoms with Gasteiger partial charge >= 0.3 is 0 Å². The first-order valence-electron chi connectivity index (χ1n) is 3.91. The molecule has 0 saturated heterocycles. The van der Waals surface area contributed by atoms with Gasteiger partial charge in [-0.05, 0) is 39.5 Å². The fourth-order valence-electron chi connectivity index (χ4n) is 1.01. The van der Waals surface area contributed by atoms with Gasteiger partial charge < -0.3 is 0 Å². The number of halogens is 1.